The fourth-order valence-corrected chi connectivity index (χ4v) is 26.5. The summed E-state index contributed by atoms with van der Waals surface area (Å²) < 4.78 is 136. The Bertz CT molecular complexity index is 7250. The molecule has 28 atom stereocenters. The third-order valence-corrected chi connectivity index (χ3v) is 35.1. The molecule has 9 aromatic heterocycles. The summed E-state index contributed by atoms with van der Waals surface area (Å²) in [6, 6.07) is 0. The molecule has 9 aromatic rings. The van der Waals surface area contributed by atoms with Crippen molar-refractivity contribution in [1.29, 1.82) is 0 Å². The molecule has 7 unspecified atom stereocenters. The quantitative estimate of drug-likeness (QED) is 0.0238. The number of nitrogens with two attached hydrogens (primary N) is 4. The summed E-state index contributed by atoms with van der Waals surface area (Å²) in [5.74, 6) is -0.0275. The molecular formula is C72H97N22O36P7S7. The Hall–Kier alpha value is -6.47. The number of aromatic amines is 3. The molecule has 16 rings (SSSR count). The van der Waals surface area contributed by atoms with E-state index in [2.05, 4.69) is 54.8 Å². The summed E-state index contributed by atoms with van der Waals surface area (Å²) >= 11 is 39.0. The zero-order chi connectivity index (χ0) is 104. The van der Waals surface area contributed by atoms with Crippen LogP contribution in [0.25, 0.3) is 22.3 Å². The minimum Gasteiger partial charge on any atom is -0.383 e. The lowest BCUT2D eigenvalue weighted by Crippen LogP contribution is -2.33. The largest absolute Gasteiger partial charge is 0.383 e. The van der Waals surface area contributed by atoms with Crippen LogP contribution in [-0.4, -0.2) is 253 Å². The number of imidazole rings is 2. The van der Waals surface area contributed by atoms with E-state index < -0.39 is 261 Å². The number of aromatic nitrogens is 18. The van der Waals surface area contributed by atoms with Crippen LogP contribution in [0.5, 0.6) is 0 Å². The van der Waals surface area contributed by atoms with Gasteiger partial charge in [0.25, 0.3) is 16.7 Å². The molecule has 18 N–H and O–H groups in total. The predicted molar refractivity (Wildman–Crippen MR) is 525 cm³/mol. The fraction of sp³-hybridized carbons (Fsp3) is 0.583. The number of rotatable bonds is 41. The number of aryl methyl sites for hydroxylation is 5. The topological polar surface area (TPSA) is 761 Å². The molecule has 0 aromatic carbocycles. The first-order valence-corrected chi connectivity index (χ1v) is 61.5. The number of nitrogen functional groups attached to an aromatic ring is 4. The number of hydrogen-bond acceptors (Lipinski definition) is 48. The lowest BCUT2D eigenvalue weighted by atomic mass is 10.1. The van der Waals surface area contributed by atoms with Crippen molar-refractivity contribution in [3.05, 3.63) is 168 Å². The second kappa shape index (κ2) is 44.4. The summed E-state index contributed by atoms with van der Waals surface area (Å²) in [5.41, 5.74) is 19.4. The Kier molecular flexibility index (Phi) is 34.0. The van der Waals surface area contributed by atoms with Gasteiger partial charge in [-0.05, 0) is 124 Å². The SMILES string of the molecule is CC[C@H]1O[C@@H](n2cc(C)c(N)nc2=O)C[C@H]1OP(O)(=S)OC[C@H]1O[C@@H](n2cc(C)c(=O)[nH]c2=O)C[C@H]1OP(O)(=S)OC[C@H]1O[C@@H](n2cc(C)c(=O)[nH]c2=O)C[C@H]1OP(O)(=S)OC[C@H]1O[C@@H](n2cnc3c(N)ncnc32)C[C@H]1OP(O)(=S)OC[C@H]1O[C@@H](n2cc(C)c(=O)[nH]c2=O)C[C@H]1OP(O)(=S)OC[C@H]1O[C@@H](n2cnc3c(N)ncnc32)C[C@H]1OP(O)(=S)OC[C@H]1O[C@@H](n2cc(C)c(N)nc2=O)C[C@H]1OP(O)(=S)OC. The van der Waals surface area contributed by atoms with Gasteiger partial charge in [0, 0.05) is 111 Å². The van der Waals surface area contributed by atoms with Crippen LogP contribution >= 0.6 is 47.0 Å². The highest BCUT2D eigenvalue weighted by atomic mass is 32.5. The van der Waals surface area contributed by atoms with Crippen LogP contribution in [0.4, 0.5) is 23.3 Å². The molecule has 58 nitrogen and oxygen atoms in total. The van der Waals surface area contributed by atoms with Gasteiger partial charge in [-0.15, -0.1) is 0 Å². The van der Waals surface area contributed by atoms with Gasteiger partial charge in [-0.2, -0.15) is 9.97 Å². The molecule has 16 heterocycles. The van der Waals surface area contributed by atoms with Crippen LogP contribution in [0.15, 0.2) is 94.6 Å². The highest BCUT2D eigenvalue weighted by Crippen LogP contribution is 2.59. The number of nitrogens with zero attached hydrogens (tertiary/aromatic N) is 15. The average Bonchev–Trinajstić information content (AvgIpc) is 1.62. The Morgan fingerprint density at radius 1 is 0.333 bits per heavy atom. The number of fused-ring (bicyclic) bond motifs is 2. The first-order chi connectivity index (χ1) is 67.8. The summed E-state index contributed by atoms with van der Waals surface area (Å²) in [4.78, 5) is 228. The maximum atomic E-state index is 13.6. The van der Waals surface area contributed by atoms with Crippen LogP contribution in [-0.2, 0) is 179 Å². The lowest BCUT2D eigenvalue weighted by molar-refractivity contribution is -0.0574. The maximum absolute atomic E-state index is 13.6. The number of nitrogens with one attached hydrogen (secondary N) is 3. The van der Waals surface area contributed by atoms with Crippen molar-refractivity contribution in [3.63, 3.8) is 0 Å². The molecule has 7 fully saturated rings. The van der Waals surface area contributed by atoms with Crippen molar-refractivity contribution >= 4 is 175 Å². The van der Waals surface area contributed by atoms with E-state index in [0.29, 0.717) is 17.5 Å². The van der Waals surface area contributed by atoms with Gasteiger partial charge >= 0.3 is 75.5 Å². The minimum atomic E-state index is -4.74. The zero-order valence-electron chi connectivity index (χ0n) is 76.2. The second-order valence-electron chi connectivity index (χ2n) is 33.8. The van der Waals surface area contributed by atoms with Gasteiger partial charge in [0.2, 0.25) is 0 Å². The summed E-state index contributed by atoms with van der Waals surface area (Å²) in [5, 5.41) is 0. The van der Waals surface area contributed by atoms with E-state index >= 15 is 0 Å². The Morgan fingerprint density at radius 2 is 0.562 bits per heavy atom. The van der Waals surface area contributed by atoms with Crippen LogP contribution < -0.4 is 68.1 Å². The summed E-state index contributed by atoms with van der Waals surface area (Å²) in [7, 11) is 1.12. The van der Waals surface area contributed by atoms with E-state index in [4.69, 9.17) is 202 Å². The van der Waals surface area contributed by atoms with Crippen LogP contribution in [0, 0.1) is 34.6 Å². The van der Waals surface area contributed by atoms with E-state index in [0.717, 1.165) is 31.7 Å². The van der Waals surface area contributed by atoms with Gasteiger partial charge in [0.1, 0.15) is 116 Å². The summed E-state index contributed by atoms with van der Waals surface area (Å²) in [6.45, 7) is -26.7. The molecule has 0 amide bonds. The Balaban J connectivity index is 0.608. The molecule has 788 valence electrons. The molecule has 0 bridgehead atoms. The van der Waals surface area contributed by atoms with Gasteiger partial charge in [-0.3, -0.25) is 61.3 Å². The van der Waals surface area contributed by atoms with Crippen molar-refractivity contribution in [2.45, 2.75) is 222 Å². The third kappa shape index (κ3) is 25.9. The molecular weight excluding hydrogens is 2190 g/mol. The molecule has 7 saturated heterocycles. The number of H-pyrrole nitrogens is 3. The van der Waals surface area contributed by atoms with Gasteiger partial charge in [0.15, 0.2) is 22.9 Å². The molecule has 0 spiro atoms. The van der Waals surface area contributed by atoms with Crippen molar-refractivity contribution in [2.24, 2.45) is 0 Å². The lowest BCUT2D eigenvalue weighted by Gasteiger charge is -2.29. The number of hydrogen-bond donors (Lipinski definition) is 14. The van der Waals surface area contributed by atoms with Crippen molar-refractivity contribution in [1.82, 2.24) is 86.8 Å². The van der Waals surface area contributed by atoms with Gasteiger partial charge in [0.05, 0.1) is 101 Å². The van der Waals surface area contributed by atoms with E-state index in [-0.39, 0.29) is 107 Å². The minimum absolute atomic E-state index is 0.00240. The first-order valence-electron chi connectivity index (χ1n) is 43.4. The highest BCUT2D eigenvalue weighted by molar-refractivity contribution is 8.09. The van der Waals surface area contributed by atoms with Gasteiger partial charge in [-0.25, -0.2) is 53.9 Å². The third-order valence-electron chi connectivity index (χ3n) is 23.9. The normalized spacial score (nSPS) is 29.7. The molecule has 72 heteroatoms. The zero-order valence-corrected chi connectivity index (χ0v) is 88.2. The monoisotopic (exact) mass is 2290 g/mol. The van der Waals surface area contributed by atoms with Crippen LogP contribution in [0.3, 0.4) is 0 Å². The predicted octanol–water partition coefficient (Wildman–Crippen LogP) is 1.08. The molecule has 7 aliphatic rings. The number of ether oxygens (including phenoxy) is 7. The van der Waals surface area contributed by atoms with E-state index in [1.54, 1.807) is 20.8 Å². The van der Waals surface area contributed by atoms with Crippen molar-refractivity contribution in [3.8, 4) is 0 Å². The van der Waals surface area contributed by atoms with Crippen molar-refractivity contribution < 1.29 is 131 Å². The Labute approximate surface area is 846 Å². The second-order valence-corrected chi connectivity index (χ2v) is 53.4. The smallest absolute Gasteiger partial charge is 0.351 e. The standard InChI is InChI=1S/C72H97N22O36P7S7/c1-8-36-37(9-50(117-36)88-16-31(2)59(73)83-68(88)98)125-132(104,139)111-22-45-39(11-52(119-45)90-18-33(4)65(95)85-70(90)100)126-133(105,140)113-23-46-40(12-53(120-46)91-19-34(5)66(96)86-71(91)101)127-134(106,141)116-26-49-43(15-56(123-49)94-30-82-58-62(76)78-28-80-64(58)94)130-137(109,144)114-24-47-41(13-54(121-47)92-20-35(6)67(97)87-72(92)102)128-135(107,142)115-25-48-42(14-55(122-48)93-29-81-57-61(75)77-27-79-63(57)93)129-136(108,143)112-21-44-38(124-131(103,138)110-7)10-51(118-44)89-17-32(3)60(74)84-69(89)99/h16-20,27-30,36-56H,8-15,21-26H2,1-7H3,(H,103,138)(H,104,139)(H,105,140)(H,106,141)(H,107,142)(H,108,143)(H,109,144)(H2,73,83,98)(H2,74,84,99)(H2,75,77,79)(H2,76,78,80)(H,85,95,100)(H,86,96,101)(H,87,97,102)/t36-,37-,38-,39-,40-,41-,42-,43-,44-,45-,46-,47-,48-,49-,50-,51-,52-,53-,54-,55-,56-,131?,132?,133?,134?,135?,136?,137?/m1/s1. The average molecular weight is 2290 g/mol. The molecule has 144 heavy (non-hydrogen) atoms. The van der Waals surface area contributed by atoms with Crippen LogP contribution in [0.1, 0.15) is 130 Å². The summed E-state index contributed by atoms with van der Waals surface area (Å²) in [6.07, 6.45) is -16.6. The molecule has 0 radical (unpaired) electrons. The van der Waals surface area contributed by atoms with E-state index in [9.17, 15) is 72.6 Å². The first kappa shape index (κ1) is 110. The highest BCUT2D eigenvalue weighted by Gasteiger charge is 2.52. The van der Waals surface area contributed by atoms with E-state index in [1.165, 1.54) is 84.4 Å². The molecule has 0 aliphatic carbocycles. The van der Waals surface area contributed by atoms with Crippen molar-refractivity contribution in [2.75, 3.05) is 69.7 Å². The number of anilines is 4. The molecule has 7 aliphatic heterocycles. The fourth-order valence-electron chi connectivity index (χ4n) is 16.7. The van der Waals surface area contributed by atoms with Gasteiger partial charge < -0.3 is 154 Å². The maximum Gasteiger partial charge on any atom is 0.351 e. The molecule has 0 saturated carbocycles. The van der Waals surface area contributed by atoms with E-state index in [1.807, 2.05) is 0 Å². The Morgan fingerprint density at radius 3 is 0.819 bits per heavy atom. The van der Waals surface area contributed by atoms with Crippen LogP contribution in [0.2, 0.25) is 0 Å². The van der Waals surface area contributed by atoms with Gasteiger partial charge in [-0.1, -0.05) is 6.92 Å².